The van der Waals surface area contributed by atoms with Gasteiger partial charge < -0.3 is 5.11 Å². The third-order valence-electron chi connectivity index (χ3n) is 1.55. The van der Waals surface area contributed by atoms with Crippen molar-refractivity contribution in [2.24, 2.45) is 0 Å². The third-order valence-corrected chi connectivity index (χ3v) is 2.63. The van der Waals surface area contributed by atoms with Crippen LogP contribution in [0.2, 0.25) is 5.15 Å². The second kappa shape index (κ2) is 5.53. The Labute approximate surface area is 92.9 Å². The molecule has 0 aliphatic heterocycles. The highest BCUT2D eigenvalue weighted by atomic mass is 35.5. The molecule has 0 spiro atoms. The van der Waals surface area contributed by atoms with E-state index in [9.17, 15) is 0 Å². The van der Waals surface area contributed by atoms with Gasteiger partial charge in [-0.2, -0.15) is 0 Å². The minimum atomic E-state index is 0.142. The average molecular weight is 233 g/mol. The number of thioether (sulfide) groups is 1. The zero-order chi connectivity index (χ0) is 10.6. The molecule has 1 N–H and O–H groups in total. The van der Waals surface area contributed by atoms with E-state index in [1.54, 1.807) is 6.07 Å². The van der Waals surface area contributed by atoms with Crippen molar-refractivity contribution in [1.82, 2.24) is 9.97 Å². The Morgan fingerprint density at radius 2 is 2.21 bits per heavy atom. The number of halogens is 1. The van der Waals surface area contributed by atoms with Crippen LogP contribution >= 0.6 is 23.4 Å². The molecular weight excluding hydrogens is 220 g/mol. The Morgan fingerprint density at radius 1 is 1.50 bits per heavy atom. The number of aromatic nitrogens is 2. The van der Waals surface area contributed by atoms with Crippen LogP contribution in [0.15, 0.2) is 11.1 Å². The molecule has 1 heterocycles. The molecule has 1 rings (SSSR count). The molecule has 0 atom stereocenters. The maximum Gasteiger partial charge on any atom is 0.133 e. The van der Waals surface area contributed by atoms with E-state index in [1.165, 1.54) is 11.8 Å². The van der Waals surface area contributed by atoms with Gasteiger partial charge in [0.25, 0.3) is 0 Å². The molecule has 78 valence electrons. The molecule has 0 amide bonds. The van der Waals surface area contributed by atoms with Gasteiger partial charge in [0, 0.05) is 17.7 Å². The molecule has 5 heteroatoms. The van der Waals surface area contributed by atoms with Gasteiger partial charge in [0.1, 0.15) is 16.0 Å². The Kier molecular flexibility index (Phi) is 4.65. The van der Waals surface area contributed by atoms with Crippen molar-refractivity contribution in [3.05, 3.63) is 17.0 Å². The van der Waals surface area contributed by atoms with E-state index in [4.69, 9.17) is 16.7 Å². The Hall–Kier alpha value is -0.320. The van der Waals surface area contributed by atoms with Crippen LogP contribution < -0.4 is 0 Å². The van der Waals surface area contributed by atoms with Crippen LogP contribution in [0.3, 0.4) is 0 Å². The molecule has 3 nitrogen and oxygen atoms in total. The van der Waals surface area contributed by atoms with E-state index in [-0.39, 0.29) is 12.5 Å². The first-order valence-electron chi connectivity index (χ1n) is 4.41. The minimum Gasteiger partial charge on any atom is -0.396 e. The maximum atomic E-state index is 8.68. The van der Waals surface area contributed by atoms with E-state index >= 15 is 0 Å². The summed E-state index contributed by atoms with van der Waals surface area (Å²) in [4.78, 5) is 8.45. The van der Waals surface area contributed by atoms with Gasteiger partial charge in [0.05, 0.1) is 6.61 Å². The predicted molar refractivity (Wildman–Crippen MR) is 58.9 cm³/mol. The largest absolute Gasteiger partial charge is 0.396 e. The van der Waals surface area contributed by atoms with Crippen LogP contribution in [0.1, 0.15) is 25.6 Å². The highest BCUT2D eigenvalue weighted by Gasteiger charge is 2.06. The van der Waals surface area contributed by atoms with Gasteiger partial charge in [-0.15, -0.1) is 11.8 Å². The van der Waals surface area contributed by atoms with Gasteiger partial charge in [0.2, 0.25) is 0 Å². The molecule has 1 aromatic rings. The van der Waals surface area contributed by atoms with Crippen molar-refractivity contribution in [2.75, 3.05) is 12.4 Å². The van der Waals surface area contributed by atoms with Crippen molar-refractivity contribution < 1.29 is 5.11 Å². The van der Waals surface area contributed by atoms with Crippen LogP contribution in [0.25, 0.3) is 0 Å². The van der Waals surface area contributed by atoms with Crippen molar-refractivity contribution in [1.29, 1.82) is 0 Å². The third kappa shape index (κ3) is 3.44. The summed E-state index contributed by atoms with van der Waals surface area (Å²) in [5, 5.41) is 9.96. The lowest BCUT2D eigenvalue weighted by atomic mass is 10.2. The van der Waals surface area contributed by atoms with E-state index in [0.29, 0.717) is 10.9 Å². The quantitative estimate of drug-likeness (QED) is 0.640. The van der Waals surface area contributed by atoms with Gasteiger partial charge >= 0.3 is 0 Å². The summed E-state index contributed by atoms with van der Waals surface area (Å²) in [6, 6.07) is 1.72. The summed E-state index contributed by atoms with van der Waals surface area (Å²) >= 11 is 7.33. The lowest BCUT2D eigenvalue weighted by Crippen LogP contribution is -1.99. The Balaban J connectivity index is 2.84. The minimum absolute atomic E-state index is 0.142. The Bertz CT molecular complexity index is 307. The molecule has 0 saturated heterocycles. The molecule has 0 aliphatic rings. The standard InChI is InChI=1S/C9H13ClN2OS/c1-6(2)9-11-7(10)5-8(12-9)14-4-3-13/h5-6,13H,3-4H2,1-2H3. The van der Waals surface area contributed by atoms with Gasteiger partial charge in [-0.1, -0.05) is 25.4 Å². The predicted octanol–water partition coefficient (Wildman–Crippen LogP) is 2.34. The number of aliphatic hydroxyl groups is 1. The molecule has 0 saturated carbocycles. The lowest BCUT2D eigenvalue weighted by Gasteiger charge is -2.06. The zero-order valence-electron chi connectivity index (χ0n) is 8.20. The van der Waals surface area contributed by atoms with Crippen LogP contribution in [0.5, 0.6) is 0 Å². The fourth-order valence-corrected chi connectivity index (χ4v) is 1.80. The normalized spacial score (nSPS) is 10.9. The van der Waals surface area contributed by atoms with Crippen molar-refractivity contribution >= 4 is 23.4 Å². The van der Waals surface area contributed by atoms with E-state index in [2.05, 4.69) is 9.97 Å². The van der Waals surface area contributed by atoms with E-state index in [1.807, 2.05) is 13.8 Å². The first kappa shape index (κ1) is 11.8. The highest BCUT2D eigenvalue weighted by molar-refractivity contribution is 7.99. The summed E-state index contributed by atoms with van der Waals surface area (Å²) in [6.07, 6.45) is 0. The summed E-state index contributed by atoms with van der Waals surface area (Å²) < 4.78 is 0. The highest BCUT2D eigenvalue weighted by Crippen LogP contribution is 2.21. The van der Waals surface area contributed by atoms with Gasteiger partial charge in [-0.25, -0.2) is 9.97 Å². The summed E-state index contributed by atoms with van der Waals surface area (Å²) in [6.45, 7) is 4.18. The smallest absolute Gasteiger partial charge is 0.133 e. The molecule has 0 unspecified atom stereocenters. The molecule has 0 aliphatic carbocycles. The first-order valence-corrected chi connectivity index (χ1v) is 5.78. The number of hydrogen-bond donors (Lipinski definition) is 1. The van der Waals surface area contributed by atoms with Crippen molar-refractivity contribution in [3.63, 3.8) is 0 Å². The fraction of sp³-hybridized carbons (Fsp3) is 0.556. The average Bonchev–Trinajstić information content (AvgIpc) is 2.14. The molecule has 0 aromatic carbocycles. The van der Waals surface area contributed by atoms with Crippen LogP contribution in [-0.4, -0.2) is 27.4 Å². The second-order valence-corrected chi connectivity index (χ2v) is 4.62. The Morgan fingerprint density at radius 3 is 2.79 bits per heavy atom. The van der Waals surface area contributed by atoms with Crippen molar-refractivity contribution in [2.45, 2.75) is 24.8 Å². The molecule has 0 bridgehead atoms. The molecule has 0 radical (unpaired) electrons. The first-order chi connectivity index (χ1) is 6.63. The monoisotopic (exact) mass is 232 g/mol. The van der Waals surface area contributed by atoms with Crippen molar-refractivity contribution in [3.8, 4) is 0 Å². The van der Waals surface area contributed by atoms with Crippen LogP contribution in [0.4, 0.5) is 0 Å². The fourth-order valence-electron chi connectivity index (χ4n) is 0.896. The lowest BCUT2D eigenvalue weighted by molar-refractivity contribution is 0.322. The zero-order valence-corrected chi connectivity index (χ0v) is 9.77. The number of hydrogen-bond acceptors (Lipinski definition) is 4. The van der Waals surface area contributed by atoms with Crippen LogP contribution in [0, 0.1) is 0 Å². The molecule has 1 aromatic heterocycles. The summed E-state index contributed by atoms with van der Waals surface area (Å²) in [7, 11) is 0. The van der Waals surface area contributed by atoms with Gasteiger partial charge in [-0.05, 0) is 0 Å². The molecule has 0 fully saturated rings. The molecule has 14 heavy (non-hydrogen) atoms. The number of rotatable bonds is 4. The van der Waals surface area contributed by atoms with Gasteiger partial charge in [-0.3, -0.25) is 0 Å². The SMILES string of the molecule is CC(C)c1nc(Cl)cc(SCCO)n1. The van der Waals surface area contributed by atoms with Gasteiger partial charge in [0.15, 0.2) is 0 Å². The van der Waals surface area contributed by atoms with Crippen LogP contribution in [-0.2, 0) is 0 Å². The summed E-state index contributed by atoms with van der Waals surface area (Å²) in [5.41, 5.74) is 0. The summed E-state index contributed by atoms with van der Waals surface area (Å²) in [5.74, 6) is 1.64. The second-order valence-electron chi connectivity index (χ2n) is 3.11. The van der Waals surface area contributed by atoms with E-state index < -0.39 is 0 Å². The number of nitrogens with zero attached hydrogens (tertiary/aromatic N) is 2. The molecular formula is C9H13ClN2OS. The topological polar surface area (TPSA) is 46.0 Å². The maximum absolute atomic E-state index is 8.68. The number of aliphatic hydroxyl groups excluding tert-OH is 1. The van der Waals surface area contributed by atoms with E-state index in [0.717, 1.165) is 10.9 Å².